The number of rotatable bonds is 4. The largest absolute Gasteiger partial charge is 0.376 e. The monoisotopic (exact) mass is 197 g/mol. The minimum absolute atomic E-state index is 0.00222. The number of hydrogen-bond donors (Lipinski definition) is 1. The second-order valence-electron chi connectivity index (χ2n) is 4.54. The van der Waals surface area contributed by atoms with E-state index in [1.807, 2.05) is 13.8 Å². The molecule has 0 rings (SSSR count). The van der Waals surface area contributed by atoms with Crippen molar-refractivity contribution < 1.29 is 4.74 Å². The van der Waals surface area contributed by atoms with Gasteiger partial charge in [0.05, 0.1) is 6.10 Å². The molecular formula is C12H23NO. The fourth-order valence-corrected chi connectivity index (χ4v) is 1.52. The van der Waals surface area contributed by atoms with Crippen LogP contribution in [-0.4, -0.2) is 18.8 Å². The van der Waals surface area contributed by atoms with Crippen LogP contribution in [0.15, 0.2) is 0 Å². The van der Waals surface area contributed by atoms with E-state index in [0.717, 1.165) is 0 Å². The molecule has 2 heteroatoms. The lowest BCUT2D eigenvalue weighted by Crippen LogP contribution is -2.45. The van der Waals surface area contributed by atoms with Gasteiger partial charge in [0.1, 0.15) is 0 Å². The molecule has 0 aromatic rings. The number of nitrogens with two attached hydrogens (primary N) is 1. The maximum atomic E-state index is 6.05. The first-order valence-electron chi connectivity index (χ1n) is 5.20. The first kappa shape index (κ1) is 13.5. The van der Waals surface area contributed by atoms with Crippen LogP contribution in [0.5, 0.6) is 0 Å². The van der Waals surface area contributed by atoms with Gasteiger partial charge in [0.25, 0.3) is 0 Å². The molecule has 0 amide bonds. The Morgan fingerprint density at radius 1 is 1.36 bits per heavy atom. The highest BCUT2D eigenvalue weighted by atomic mass is 16.5. The minimum Gasteiger partial charge on any atom is -0.376 e. The first-order valence-corrected chi connectivity index (χ1v) is 5.20. The van der Waals surface area contributed by atoms with Crippen LogP contribution in [0.3, 0.4) is 0 Å². The van der Waals surface area contributed by atoms with E-state index in [2.05, 4.69) is 32.6 Å². The Morgan fingerprint density at radius 2 is 1.93 bits per heavy atom. The van der Waals surface area contributed by atoms with Crippen molar-refractivity contribution in [1.29, 1.82) is 0 Å². The van der Waals surface area contributed by atoms with Gasteiger partial charge in [-0.15, -0.1) is 11.8 Å². The first-order chi connectivity index (χ1) is 6.43. The van der Waals surface area contributed by atoms with Gasteiger partial charge >= 0.3 is 0 Å². The molecule has 82 valence electrons. The summed E-state index contributed by atoms with van der Waals surface area (Å²) in [6.07, 6.45) is 0.784. The summed E-state index contributed by atoms with van der Waals surface area (Å²) in [5.74, 6) is 5.87. The molecule has 0 bridgehead atoms. The zero-order valence-corrected chi connectivity index (χ0v) is 10.1. The summed E-state index contributed by atoms with van der Waals surface area (Å²) < 4.78 is 5.67. The van der Waals surface area contributed by atoms with Crippen LogP contribution in [0.2, 0.25) is 0 Å². The molecular weight excluding hydrogens is 174 g/mol. The summed E-state index contributed by atoms with van der Waals surface area (Å²) in [5.41, 5.74) is 6.12. The predicted octanol–water partition coefficient (Wildman–Crippen LogP) is 2.18. The lowest BCUT2D eigenvalue weighted by atomic mass is 9.84. The van der Waals surface area contributed by atoms with Crippen molar-refractivity contribution in [3.63, 3.8) is 0 Å². The summed E-state index contributed by atoms with van der Waals surface area (Å²) >= 11 is 0. The van der Waals surface area contributed by atoms with Crippen molar-refractivity contribution in [3.8, 4) is 11.8 Å². The second-order valence-corrected chi connectivity index (χ2v) is 4.54. The molecule has 2 atom stereocenters. The Kier molecular flexibility index (Phi) is 5.83. The minimum atomic E-state index is 0.00222. The van der Waals surface area contributed by atoms with Gasteiger partial charge in [-0.25, -0.2) is 0 Å². The van der Waals surface area contributed by atoms with E-state index in [0.29, 0.717) is 13.0 Å². The van der Waals surface area contributed by atoms with E-state index in [9.17, 15) is 0 Å². The average Bonchev–Trinajstić information content (AvgIpc) is 2.08. The lowest BCUT2D eigenvalue weighted by molar-refractivity contribution is -0.0265. The maximum absolute atomic E-state index is 6.05. The SMILES string of the molecule is CC#CCC(N)C(OCC)C(C)(C)C. The highest BCUT2D eigenvalue weighted by Crippen LogP contribution is 2.25. The summed E-state index contributed by atoms with van der Waals surface area (Å²) in [7, 11) is 0. The third-order valence-corrected chi connectivity index (χ3v) is 2.10. The van der Waals surface area contributed by atoms with E-state index in [1.165, 1.54) is 0 Å². The molecule has 0 radical (unpaired) electrons. The standard InChI is InChI=1S/C12H23NO/c1-6-8-9-10(13)11(14-7-2)12(3,4)5/h10-11H,7,9,13H2,1-5H3. The summed E-state index contributed by atoms with van der Waals surface area (Å²) in [6, 6.07) is 0.00222. The quantitative estimate of drug-likeness (QED) is 0.701. The van der Waals surface area contributed by atoms with Crippen molar-refractivity contribution in [1.82, 2.24) is 0 Å². The molecule has 2 N–H and O–H groups in total. The molecule has 2 nitrogen and oxygen atoms in total. The van der Waals surface area contributed by atoms with Crippen LogP contribution in [0, 0.1) is 17.3 Å². The summed E-state index contributed by atoms with van der Waals surface area (Å²) in [6.45, 7) is 11.0. The average molecular weight is 197 g/mol. The Morgan fingerprint density at radius 3 is 2.29 bits per heavy atom. The zero-order valence-electron chi connectivity index (χ0n) is 10.1. The fraction of sp³-hybridized carbons (Fsp3) is 0.833. The third-order valence-electron chi connectivity index (χ3n) is 2.10. The van der Waals surface area contributed by atoms with E-state index in [4.69, 9.17) is 10.5 Å². The molecule has 0 aliphatic carbocycles. The Hall–Kier alpha value is -0.520. The molecule has 14 heavy (non-hydrogen) atoms. The van der Waals surface area contributed by atoms with Crippen LogP contribution in [0.25, 0.3) is 0 Å². The molecule has 0 aromatic carbocycles. The van der Waals surface area contributed by atoms with Gasteiger partial charge in [0.2, 0.25) is 0 Å². The summed E-state index contributed by atoms with van der Waals surface area (Å²) in [5, 5.41) is 0. The van der Waals surface area contributed by atoms with E-state index in [-0.39, 0.29) is 17.6 Å². The van der Waals surface area contributed by atoms with Crippen LogP contribution < -0.4 is 5.73 Å². The molecule has 0 fully saturated rings. The van der Waals surface area contributed by atoms with Crippen LogP contribution >= 0.6 is 0 Å². The smallest absolute Gasteiger partial charge is 0.0783 e. The normalized spacial score (nSPS) is 15.6. The molecule has 0 spiro atoms. The molecule has 0 heterocycles. The number of ether oxygens (including phenoxy) is 1. The van der Waals surface area contributed by atoms with E-state index in [1.54, 1.807) is 0 Å². The zero-order chi connectivity index (χ0) is 11.2. The van der Waals surface area contributed by atoms with Crippen molar-refractivity contribution >= 4 is 0 Å². The van der Waals surface area contributed by atoms with Gasteiger partial charge in [-0.3, -0.25) is 0 Å². The maximum Gasteiger partial charge on any atom is 0.0783 e. The van der Waals surface area contributed by atoms with Crippen molar-refractivity contribution in [3.05, 3.63) is 0 Å². The predicted molar refractivity (Wildman–Crippen MR) is 60.9 cm³/mol. The molecule has 0 saturated heterocycles. The van der Waals surface area contributed by atoms with Crippen LogP contribution in [0.1, 0.15) is 41.0 Å². The molecule has 2 unspecified atom stereocenters. The van der Waals surface area contributed by atoms with Gasteiger partial charge in [-0.1, -0.05) is 20.8 Å². The highest BCUT2D eigenvalue weighted by molar-refractivity contribution is 5.00. The third kappa shape index (κ3) is 4.64. The van der Waals surface area contributed by atoms with Crippen molar-refractivity contribution in [2.24, 2.45) is 11.1 Å². The lowest BCUT2D eigenvalue weighted by Gasteiger charge is -2.34. The van der Waals surface area contributed by atoms with Gasteiger partial charge < -0.3 is 10.5 Å². The molecule has 0 aromatic heterocycles. The van der Waals surface area contributed by atoms with Crippen LogP contribution in [0.4, 0.5) is 0 Å². The Labute approximate surface area is 88.2 Å². The Balaban J connectivity index is 4.38. The number of hydrogen-bond acceptors (Lipinski definition) is 2. The molecule has 0 saturated carbocycles. The van der Waals surface area contributed by atoms with Crippen molar-refractivity contribution in [2.75, 3.05) is 6.61 Å². The van der Waals surface area contributed by atoms with Crippen LogP contribution in [-0.2, 0) is 4.74 Å². The Bertz CT molecular complexity index is 207. The topological polar surface area (TPSA) is 35.2 Å². The fourth-order valence-electron chi connectivity index (χ4n) is 1.52. The summed E-state index contributed by atoms with van der Waals surface area (Å²) in [4.78, 5) is 0. The van der Waals surface area contributed by atoms with Gasteiger partial charge in [0, 0.05) is 19.1 Å². The van der Waals surface area contributed by atoms with Gasteiger partial charge in [-0.05, 0) is 19.3 Å². The van der Waals surface area contributed by atoms with Crippen molar-refractivity contribution in [2.45, 2.75) is 53.2 Å². The molecule has 0 aliphatic heterocycles. The van der Waals surface area contributed by atoms with E-state index >= 15 is 0 Å². The van der Waals surface area contributed by atoms with E-state index < -0.39 is 0 Å². The second kappa shape index (κ2) is 6.06. The van der Waals surface area contributed by atoms with Gasteiger partial charge in [0.15, 0.2) is 0 Å². The highest BCUT2D eigenvalue weighted by Gasteiger charge is 2.30. The molecule has 0 aliphatic rings. The van der Waals surface area contributed by atoms with Gasteiger partial charge in [-0.2, -0.15) is 0 Å².